The molecule has 106 valence electrons. The number of para-hydroxylation sites is 1. The molecule has 0 spiro atoms. The summed E-state index contributed by atoms with van der Waals surface area (Å²) in [5, 5.41) is 12.1. The van der Waals surface area contributed by atoms with Crippen molar-refractivity contribution in [3.05, 3.63) is 30.3 Å². The zero-order valence-electron chi connectivity index (χ0n) is 11.3. The molecule has 0 aromatic heterocycles. The third-order valence-corrected chi connectivity index (χ3v) is 3.94. The zero-order chi connectivity index (χ0) is 14.1. The van der Waals surface area contributed by atoms with Crippen LogP contribution in [0.25, 0.3) is 0 Å². The summed E-state index contributed by atoms with van der Waals surface area (Å²) in [7, 11) is 0. The standard InChI is InChI=1S/C14H21NO3S/c1-11(16)12(2)19-10-14(17)15-8-9-18-13-6-4-3-5-7-13/h3-7,11-12,16H,8-10H2,1-2H3,(H,15,17). The van der Waals surface area contributed by atoms with Crippen molar-refractivity contribution in [3.63, 3.8) is 0 Å². The van der Waals surface area contributed by atoms with Crippen molar-refractivity contribution >= 4 is 17.7 Å². The number of benzene rings is 1. The number of carbonyl (C=O) groups is 1. The van der Waals surface area contributed by atoms with E-state index in [1.165, 1.54) is 11.8 Å². The SMILES string of the molecule is CC(O)C(C)SCC(=O)NCCOc1ccccc1. The predicted molar refractivity (Wildman–Crippen MR) is 78.5 cm³/mol. The van der Waals surface area contributed by atoms with Crippen LogP contribution in [0, 0.1) is 0 Å². The van der Waals surface area contributed by atoms with Gasteiger partial charge in [0.25, 0.3) is 0 Å². The van der Waals surface area contributed by atoms with E-state index in [0.29, 0.717) is 18.9 Å². The van der Waals surface area contributed by atoms with Gasteiger partial charge in [-0.15, -0.1) is 11.8 Å². The molecule has 1 aromatic carbocycles. The van der Waals surface area contributed by atoms with Gasteiger partial charge < -0.3 is 15.2 Å². The van der Waals surface area contributed by atoms with Crippen molar-refractivity contribution in [1.82, 2.24) is 5.32 Å². The Morgan fingerprint density at radius 1 is 1.37 bits per heavy atom. The Morgan fingerprint density at radius 3 is 2.68 bits per heavy atom. The number of carbonyl (C=O) groups excluding carboxylic acids is 1. The highest BCUT2D eigenvalue weighted by atomic mass is 32.2. The van der Waals surface area contributed by atoms with Gasteiger partial charge >= 0.3 is 0 Å². The minimum atomic E-state index is -0.404. The number of nitrogens with one attached hydrogen (secondary N) is 1. The second-order valence-corrected chi connectivity index (χ2v) is 5.63. The lowest BCUT2D eigenvalue weighted by Gasteiger charge is -2.13. The van der Waals surface area contributed by atoms with E-state index in [9.17, 15) is 9.90 Å². The highest BCUT2D eigenvalue weighted by Gasteiger charge is 2.11. The van der Waals surface area contributed by atoms with Crippen molar-refractivity contribution in [3.8, 4) is 5.75 Å². The van der Waals surface area contributed by atoms with Crippen LogP contribution >= 0.6 is 11.8 Å². The van der Waals surface area contributed by atoms with Gasteiger partial charge in [-0.05, 0) is 19.1 Å². The number of hydrogen-bond acceptors (Lipinski definition) is 4. The molecule has 0 heterocycles. The van der Waals surface area contributed by atoms with E-state index >= 15 is 0 Å². The lowest BCUT2D eigenvalue weighted by molar-refractivity contribution is -0.118. The molecule has 1 amide bonds. The molecule has 0 saturated carbocycles. The summed E-state index contributed by atoms with van der Waals surface area (Å²) in [6.07, 6.45) is -0.404. The van der Waals surface area contributed by atoms with E-state index in [0.717, 1.165) is 5.75 Å². The summed E-state index contributed by atoms with van der Waals surface area (Å²) in [5.74, 6) is 1.13. The maximum Gasteiger partial charge on any atom is 0.230 e. The maximum absolute atomic E-state index is 11.5. The number of amides is 1. The molecule has 0 aliphatic carbocycles. The van der Waals surface area contributed by atoms with E-state index in [2.05, 4.69) is 5.32 Å². The zero-order valence-corrected chi connectivity index (χ0v) is 12.2. The Hall–Kier alpha value is -1.20. The molecule has 2 unspecified atom stereocenters. The maximum atomic E-state index is 11.5. The van der Waals surface area contributed by atoms with Crippen LogP contribution < -0.4 is 10.1 Å². The second-order valence-electron chi connectivity index (χ2n) is 4.27. The summed E-state index contributed by atoms with van der Waals surface area (Å²) in [6.45, 7) is 4.56. The first kappa shape index (κ1) is 15.9. The summed E-state index contributed by atoms with van der Waals surface area (Å²) < 4.78 is 5.46. The summed E-state index contributed by atoms with van der Waals surface area (Å²) >= 11 is 1.44. The van der Waals surface area contributed by atoms with Gasteiger partial charge in [-0.2, -0.15) is 0 Å². The minimum Gasteiger partial charge on any atom is -0.492 e. The average molecular weight is 283 g/mol. The quantitative estimate of drug-likeness (QED) is 0.713. The van der Waals surface area contributed by atoms with Crippen molar-refractivity contribution < 1.29 is 14.6 Å². The van der Waals surface area contributed by atoms with Gasteiger partial charge in [0.1, 0.15) is 12.4 Å². The molecule has 0 bridgehead atoms. The van der Waals surface area contributed by atoms with Crippen LogP contribution in [0.4, 0.5) is 0 Å². The number of aliphatic hydroxyl groups excluding tert-OH is 1. The minimum absolute atomic E-state index is 0.0332. The summed E-state index contributed by atoms with van der Waals surface area (Å²) in [4.78, 5) is 11.5. The molecule has 19 heavy (non-hydrogen) atoms. The highest BCUT2D eigenvalue weighted by Crippen LogP contribution is 2.13. The molecule has 0 radical (unpaired) electrons. The molecule has 0 saturated heterocycles. The number of rotatable bonds is 8. The second kappa shape index (κ2) is 8.82. The smallest absolute Gasteiger partial charge is 0.230 e. The van der Waals surface area contributed by atoms with Crippen LogP contribution in [0.1, 0.15) is 13.8 Å². The van der Waals surface area contributed by atoms with Crippen LogP contribution in [0.15, 0.2) is 30.3 Å². The molecule has 4 nitrogen and oxygen atoms in total. The van der Waals surface area contributed by atoms with Crippen LogP contribution in [-0.4, -0.2) is 41.3 Å². The van der Waals surface area contributed by atoms with Gasteiger partial charge in [-0.3, -0.25) is 4.79 Å². The normalized spacial score (nSPS) is 13.6. The van der Waals surface area contributed by atoms with Gasteiger partial charge in [0, 0.05) is 5.25 Å². The largest absolute Gasteiger partial charge is 0.492 e. The third-order valence-electron chi connectivity index (χ3n) is 2.59. The van der Waals surface area contributed by atoms with Gasteiger partial charge in [-0.25, -0.2) is 0 Å². The first-order valence-corrected chi connectivity index (χ1v) is 7.38. The molecule has 1 rings (SSSR count). The molecule has 5 heteroatoms. The van der Waals surface area contributed by atoms with Gasteiger partial charge in [0.15, 0.2) is 0 Å². The van der Waals surface area contributed by atoms with E-state index < -0.39 is 6.10 Å². The third kappa shape index (κ3) is 7.08. The van der Waals surface area contributed by atoms with Crippen molar-refractivity contribution in [1.29, 1.82) is 0 Å². The van der Waals surface area contributed by atoms with Gasteiger partial charge in [0.2, 0.25) is 5.91 Å². The molecule has 0 aliphatic heterocycles. The first-order valence-electron chi connectivity index (χ1n) is 6.34. The fourth-order valence-corrected chi connectivity index (χ4v) is 2.07. The number of ether oxygens (including phenoxy) is 1. The fraction of sp³-hybridized carbons (Fsp3) is 0.500. The van der Waals surface area contributed by atoms with Crippen LogP contribution in [0.5, 0.6) is 5.75 Å². The highest BCUT2D eigenvalue weighted by molar-refractivity contribution is 8.00. The molecule has 2 atom stereocenters. The average Bonchev–Trinajstić information content (AvgIpc) is 2.42. The monoisotopic (exact) mass is 283 g/mol. The van der Waals surface area contributed by atoms with E-state index in [4.69, 9.17) is 4.74 Å². The van der Waals surface area contributed by atoms with Crippen molar-refractivity contribution in [2.45, 2.75) is 25.2 Å². The predicted octanol–water partition coefficient (Wildman–Crippen LogP) is 1.68. The Morgan fingerprint density at radius 2 is 2.05 bits per heavy atom. The molecule has 0 aliphatic rings. The molecule has 1 aromatic rings. The van der Waals surface area contributed by atoms with E-state index in [1.54, 1.807) is 6.92 Å². The molecule has 0 fully saturated rings. The van der Waals surface area contributed by atoms with E-state index in [-0.39, 0.29) is 11.2 Å². The lowest BCUT2D eigenvalue weighted by atomic mass is 10.3. The first-order chi connectivity index (χ1) is 9.09. The number of aliphatic hydroxyl groups is 1. The van der Waals surface area contributed by atoms with Crippen LogP contribution in [0.2, 0.25) is 0 Å². The van der Waals surface area contributed by atoms with Gasteiger partial charge in [0.05, 0.1) is 18.4 Å². The number of hydrogen-bond donors (Lipinski definition) is 2. The van der Waals surface area contributed by atoms with Crippen molar-refractivity contribution in [2.75, 3.05) is 18.9 Å². The van der Waals surface area contributed by atoms with Crippen LogP contribution in [0.3, 0.4) is 0 Å². The Labute approximate surface area is 118 Å². The van der Waals surface area contributed by atoms with Gasteiger partial charge in [-0.1, -0.05) is 25.1 Å². The lowest BCUT2D eigenvalue weighted by Crippen LogP contribution is -2.30. The van der Waals surface area contributed by atoms with Crippen molar-refractivity contribution in [2.24, 2.45) is 0 Å². The fourth-order valence-electron chi connectivity index (χ4n) is 1.27. The van der Waals surface area contributed by atoms with Crippen LogP contribution in [-0.2, 0) is 4.79 Å². The number of thioether (sulfide) groups is 1. The Kier molecular flexibility index (Phi) is 7.36. The Bertz CT molecular complexity index is 370. The topological polar surface area (TPSA) is 58.6 Å². The summed E-state index contributed by atoms with van der Waals surface area (Å²) in [6, 6.07) is 9.49. The molecular formula is C14H21NO3S. The Balaban J connectivity index is 2.08. The van der Waals surface area contributed by atoms with E-state index in [1.807, 2.05) is 37.3 Å². The molecule has 2 N–H and O–H groups in total. The molecular weight excluding hydrogens is 262 g/mol. The summed E-state index contributed by atoms with van der Waals surface area (Å²) in [5.41, 5.74) is 0.